The van der Waals surface area contributed by atoms with Crippen LogP contribution < -0.4 is 5.73 Å². The van der Waals surface area contributed by atoms with Crippen molar-refractivity contribution < 1.29 is 0 Å². The molecule has 0 atom stereocenters. The van der Waals surface area contributed by atoms with E-state index in [1.165, 1.54) is 6.54 Å². The molecule has 0 saturated heterocycles. The van der Waals surface area contributed by atoms with Gasteiger partial charge in [0.1, 0.15) is 0 Å². The van der Waals surface area contributed by atoms with E-state index >= 15 is 0 Å². The largest absolute Gasteiger partial charge is 0.329 e. The normalized spacial score (nSPS) is 57.2. The van der Waals surface area contributed by atoms with Crippen LogP contribution in [0.2, 0.25) is 0 Å². The molecule has 8 rings (SSSR count). The first-order valence-corrected chi connectivity index (χ1v) is 11.2. The van der Waals surface area contributed by atoms with E-state index in [1.54, 1.807) is 64.2 Å². The smallest absolute Gasteiger partial charge is 0.0156 e. The lowest BCUT2D eigenvalue weighted by Crippen LogP contribution is -2.64. The van der Waals surface area contributed by atoms with Crippen LogP contribution in [0.25, 0.3) is 0 Å². The van der Waals surface area contributed by atoms with E-state index < -0.39 is 0 Å². The topological polar surface area (TPSA) is 29.3 Å². The van der Waals surface area contributed by atoms with Gasteiger partial charge >= 0.3 is 0 Å². The molecule has 2 heteroatoms. The molecule has 2 nitrogen and oxygen atoms in total. The van der Waals surface area contributed by atoms with Crippen molar-refractivity contribution in [3.05, 3.63) is 0 Å². The third-order valence-electron chi connectivity index (χ3n) is 9.51. The van der Waals surface area contributed by atoms with Gasteiger partial charge in [-0.05, 0) is 112 Å². The van der Waals surface area contributed by atoms with E-state index in [0.29, 0.717) is 0 Å². The van der Waals surface area contributed by atoms with Crippen LogP contribution in [0.3, 0.4) is 0 Å². The van der Waals surface area contributed by atoms with Gasteiger partial charge in [0.2, 0.25) is 0 Å². The fourth-order valence-corrected chi connectivity index (χ4v) is 9.52. The Kier molecular flexibility index (Phi) is 3.42. The Morgan fingerprint density at radius 3 is 1.17 bits per heavy atom. The molecule has 8 aliphatic rings. The highest BCUT2D eigenvalue weighted by Crippen LogP contribution is 2.59. The fraction of sp³-hybridized carbons (Fsp3) is 1.00. The van der Waals surface area contributed by atoms with Gasteiger partial charge in [-0.3, -0.25) is 4.90 Å². The first kappa shape index (κ1) is 15.0. The summed E-state index contributed by atoms with van der Waals surface area (Å²) in [5, 5.41) is 0. The summed E-state index contributed by atoms with van der Waals surface area (Å²) >= 11 is 0. The zero-order valence-corrected chi connectivity index (χ0v) is 15.3. The molecule has 8 fully saturated rings. The van der Waals surface area contributed by atoms with Crippen LogP contribution >= 0.6 is 0 Å². The van der Waals surface area contributed by atoms with Crippen molar-refractivity contribution in [2.45, 2.75) is 76.3 Å². The standard InChI is InChI=1S/C22H36N2/c23-1-2-24(21-17-5-13-3-14(7-17)8-18(21)6-13)22-19-9-15-4-16(11-19)12-20(22)10-15/h13-22H,1-12,23H2. The molecule has 0 spiro atoms. The van der Waals surface area contributed by atoms with E-state index in [-0.39, 0.29) is 0 Å². The molecule has 134 valence electrons. The highest BCUT2D eigenvalue weighted by atomic mass is 15.2. The molecule has 0 aromatic carbocycles. The van der Waals surface area contributed by atoms with Crippen LogP contribution in [0.1, 0.15) is 64.2 Å². The molecule has 0 heterocycles. The van der Waals surface area contributed by atoms with Gasteiger partial charge < -0.3 is 5.73 Å². The Labute approximate surface area is 147 Å². The predicted molar refractivity (Wildman–Crippen MR) is 97.4 cm³/mol. The van der Waals surface area contributed by atoms with Gasteiger partial charge in [-0.15, -0.1) is 0 Å². The van der Waals surface area contributed by atoms with Gasteiger partial charge in [0.15, 0.2) is 0 Å². The number of hydrogen-bond acceptors (Lipinski definition) is 2. The lowest BCUT2D eigenvalue weighted by Gasteiger charge is -2.63. The molecule has 8 aliphatic carbocycles. The zero-order chi connectivity index (χ0) is 15.8. The predicted octanol–water partition coefficient (Wildman–Crippen LogP) is 3.90. The first-order valence-electron chi connectivity index (χ1n) is 11.2. The average Bonchev–Trinajstić information content (AvgIpc) is 2.52. The van der Waals surface area contributed by atoms with Crippen LogP contribution in [0, 0.1) is 47.3 Å². The van der Waals surface area contributed by atoms with Crippen molar-refractivity contribution in [3.8, 4) is 0 Å². The SMILES string of the molecule is NCCN(C1C2CC3CC(C2)CC1C3)C1C2CC3CC(C2)CC1C3. The minimum atomic E-state index is 0.881. The van der Waals surface area contributed by atoms with Crippen LogP contribution in [0.4, 0.5) is 0 Å². The first-order chi connectivity index (χ1) is 11.8. The van der Waals surface area contributed by atoms with Gasteiger partial charge in [0, 0.05) is 25.2 Å². The van der Waals surface area contributed by atoms with Gasteiger partial charge in [-0.1, -0.05) is 0 Å². The number of rotatable bonds is 4. The minimum absolute atomic E-state index is 0.881. The second kappa shape index (κ2) is 5.46. The summed E-state index contributed by atoms with van der Waals surface area (Å²) in [6.07, 6.45) is 15.6. The van der Waals surface area contributed by atoms with Crippen LogP contribution in [-0.2, 0) is 0 Å². The Balaban J connectivity index is 1.31. The number of hydrogen-bond donors (Lipinski definition) is 1. The van der Waals surface area contributed by atoms with Crippen LogP contribution in [0.15, 0.2) is 0 Å². The number of nitrogens with zero attached hydrogens (tertiary/aromatic N) is 1. The van der Waals surface area contributed by atoms with E-state index in [2.05, 4.69) is 4.90 Å². The highest BCUT2D eigenvalue weighted by molar-refractivity contribution is 5.08. The van der Waals surface area contributed by atoms with Gasteiger partial charge in [0.05, 0.1) is 0 Å². The maximum absolute atomic E-state index is 6.17. The number of nitrogens with two attached hydrogens (primary N) is 1. The average molecular weight is 329 g/mol. The minimum Gasteiger partial charge on any atom is -0.329 e. The molecule has 0 radical (unpaired) electrons. The summed E-state index contributed by atoms with van der Waals surface area (Å²) in [5.41, 5.74) is 6.17. The summed E-state index contributed by atoms with van der Waals surface area (Å²) in [4.78, 5) is 3.07. The second-order valence-corrected chi connectivity index (χ2v) is 10.9. The lowest BCUT2D eigenvalue weighted by atomic mass is 9.51. The molecule has 0 aromatic heterocycles. The van der Waals surface area contributed by atoms with Gasteiger partial charge in [0.25, 0.3) is 0 Å². The molecule has 0 unspecified atom stereocenters. The second-order valence-electron chi connectivity index (χ2n) is 10.9. The molecule has 0 amide bonds. The Morgan fingerprint density at radius 1 is 0.542 bits per heavy atom. The maximum Gasteiger partial charge on any atom is 0.0156 e. The van der Waals surface area contributed by atoms with Crippen LogP contribution in [-0.4, -0.2) is 30.1 Å². The zero-order valence-electron chi connectivity index (χ0n) is 15.3. The summed E-state index contributed by atoms with van der Waals surface area (Å²) in [5.74, 6) is 8.53. The maximum atomic E-state index is 6.17. The summed E-state index contributed by atoms with van der Waals surface area (Å²) in [7, 11) is 0. The third kappa shape index (κ3) is 2.14. The van der Waals surface area contributed by atoms with Crippen LogP contribution in [0.5, 0.6) is 0 Å². The molecule has 0 aromatic rings. The van der Waals surface area contributed by atoms with Crippen molar-refractivity contribution in [2.75, 3.05) is 13.1 Å². The summed E-state index contributed by atoms with van der Waals surface area (Å²) in [6.45, 7) is 2.07. The van der Waals surface area contributed by atoms with E-state index in [9.17, 15) is 0 Å². The van der Waals surface area contributed by atoms with Crippen molar-refractivity contribution in [1.82, 2.24) is 4.90 Å². The third-order valence-corrected chi connectivity index (χ3v) is 9.51. The van der Waals surface area contributed by atoms with Crippen molar-refractivity contribution in [2.24, 2.45) is 53.1 Å². The summed E-state index contributed by atoms with van der Waals surface area (Å²) < 4.78 is 0. The van der Waals surface area contributed by atoms with E-state index in [1.807, 2.05) is 0 Å². The fourth-order valence-electron chi connectivity index (χ4n) is 9.52. The molecule has 8 bridgehead atoms. The molecule has 8 saturated carbocycles. The van der Waals surface area contributed by atoms with Gasteiger partial charge in [-0.2, -0.15) is 0 Å². The molecule has 24 heavy (non-hydrogen) atoms. The monoisotopic (exact) mass is 328 g/mol. The van der Waals surface area contributed by atoms with E-state index in [0.717, 1.165) is 66.0 Å². The Morgan fingerprint density at radius 2 is 0.875 bits per heavy atom. The molecule has 0 aliphatic heterocycles. The quantitative estimate of drug-likeness (QED) is 0.848. The van der Waals surface area contributed by atoms with Crippen molar-refractivity contribution in [3.63, 3.8) is 0 Å². The van der Waals surface area contributed by atoms with Crippen molar-refractivity contribution >= 4 is 0 Å². The van der Waals surface area contributed by atoms with E-state index in [4.69, 9.17) is 5.73 Å². The lowest BCUT2D eigenvalue weighted by molar-refractivity contribution is -0.131. The summed E-state index contributed by atoms with van der Waals surface area (Å²) in [6, 6.07) is 1.84. The molecular formula is C22H36N2. The Bertz CT molecular complexity index is 402. The molecular weight excluding hydrogens is 292 g/mol. The van der Waals surface area contributed by atoms with Crippen molar-refractivity contribution in [1.29, 1.82) is 0 Å². The Hall–Kier alpha value is -0.0800. The van der Waals surface area contributed by atoms with Gasteiger partial charge in [-0.25, -0.2) is 0 Å². The highest BCUT2D eigenvalue weighted by Gasteiger charge is 2.55. The molecule has 2 N–H and O–H groups in total.